The highest BCUT2D eigenvalue weighted by Crippen LogP contribution is 2.52. The van der Waals surface area contributed by atoms with E-state index in [0.717, 1.165) is 16.7 Å². The highest BCUT2D eigenvalue weighted by Gasteiger charge is 2.58. The topological polar surface area (TPSA) is 35.5 Å². The minimum atomic E-state index is -0.756. The molecule has 0 N–H and O–H groups in total. The van der Waals surface area contributed by atoms with Gasteiger partial charge in [-0.1, -0.05) is 66.7 Å². The molecule has 2 saturated heterocycles. The lowest BCUT2D eigenvalue weighted by Crippen LogP contribution is -2.36. The fourth-order valence-electron chi connectivity index (χ4n) is 3.72. The summed E-state index contributed by atoms with van der Waals surface area (Å²) in [5.41, 5.74) is 3.39. The minimum absolute atomic E-state index is 0.0795. The largest absolute Gasteiger partial charge is 0.451 e. The molecule has 0 radical (unpaired) electrons. The first kappa shape index (κ1) is 15.2. The molecule has 3 atom stereocenters. The highest BCUT2D eigenvalue weighted by atomic mass is 16.6. The number of benzene rings is 2. The molecule has 2 fully saturated rings. The molecule has 4 rings (SSSR count). The summed E-state index contributed by atoms with van der Waals surface area (Å²) in [4.78, 5) is 11.9. The van der Waals surface area contributed by atoms with Crippen molar-refractivity contribution in [2.75, 3.05) is 0 Å². The van der Waals surface area contributed by atoms with Gasteiger partial charge in [0.25, 0.3) is 0 Å². The smallest absolute Gasteiger partial charge is 0.309 e. The summed E-state index contributed by atoms with van der Waals surface area (Å²) in [6, 6.07) is 18.2. The molecular weight excluding hydrogens is 300 g/mol. The first-order chi connectivity index (χ1) is 11.6. The van der Waals surface area contributed by atoms with Crippen LogP contribution in [0.25, 0.3) is 5.57 Å². The Kier molecular flexibility index (Phi) is 3.54. The third-order valence-corrected chi connectivity index (χ3v) is 5.07. The summed E-state index contributed by atoms with van der Waals surface area (Å²) in [7, 11) is 0. The van der Waals surface area contributed by atoms with E-state index in [1.54, 1.807) is 0 Å². The van der Waals surface area contributed by atoms with Crippen LogP contribution in [-0.4, -0.2) is 17.7 Å². The van der Waals surface area contributed by atoms with Gasteiger partial charge in [0, 0.05) is 6.42 Å². The number of hydrogen-bond acceptors (Lipinski definition) is 3. The van der Waals surface area contributed by atoms with Gasteiger partial charge >= 0.3 is 5.97 Å². The molecule has 0 aliphatic carbocycles. The molecule has 0 amide bonds. The molecule has 2 aliphatic heterocycles. The zero-order chi connectivity index (χ0) is 16.7. The second-order valence-electron chi connectivity index (χ2n) is 6.64. The molecule has 24 heavy (non-hydrogen) atoms. The summed E-state index contributed by atoms with van der Waals surface area (Å²) in [6.07, 6.45) is 0.544. The summed E-state index contributed by atoms with van der Waals surface area (Å²) in [5.74, 6) is -0.209. The lowest BCUT2D eigenvalue weighted by Gasteiger charge is -2.28. The first-order valence-corrected chi connectivity index (χ1v) is 8.27. The predicted molar refractivity (Wildman–Crippen MR) is 92.3 cm³/mol. The molecule has 0 aromatic heterocycles. The SMILES string of the molecule is C=C(c1ccccc1)C12CC(c3ccc(C)cc3)OC1CC(=O)O2. The molecule has 3 unspecified atom stereocenters. The van der Waals surface area contributed by atoms with Crippen molar-refractivity contribution in [3.05, 3.63) is 77.9 Å². The Labute approximate surface area is 141 Å². The fourth-order valence-corrected chi connectivity index (χ4v) is 3.72. The predicted octanol–water partition coefficient (Wildman–Crippen LogP) is 4.22. The van der Waals surface area contributed by atoms with Gasteiger partial charge in [0.1, 0.15) is 6.10 Å². The van der Waals surface area contributed by atoms with Crippen LogP contribution < -0.4 is 0 Å². The highest BCUT2D eigenvalue weighted by molar-refractivity contribution is 5.82. The van der Waals surface area contributed by atoms with E-state index < -0.39 is 5.60 Å². The van der Waals surface area contributed by atoms with Crippen LogP contribution in [0.4, 0.5) is 0 Å². The maximum atomic E-state index is 11.9. The third-order valence-electron chi connectivity index (χ3n) is 5.07. The number of carbonyl (C=O) groups excluding carboxylic acids is 1. The Morgan fingerprint density at radius 1 is 1.12 bits per heavy atom. The second kappa shape index (κ2) is 5.60. The normalized spacial score (nSPS) is 28.5. The van der Waals surface area contributed by atoms with E-state index in [-0.39, 0.29) is 24.6 Å². The summed E-state index contributed by atoms with van der Waals surface area (Å²) in [6.45, 7) is 6.32. The van der Waals surface area contributed by atoms with E-state index in [1.165, 1.54) is 5.56 Å². The lowest BCUT2D eigenvalue weighted by atomic mass is 9.82. The Hall–Kier alpha value is -2.39. The van der Waals surface area contributed by atoms with Gasteiger partial charge in [-0.25, -0.2) is 0 Å². The number of rotatable bonds is 3. The summed E-state index contributed by atoms with van der Waals surface area (Å²) >= 11 is 0. The van der Waals surface area contributed by atoms with E-state index in [2.05, 4.69) is 37.8 Å². The number of esters is 1. The van der Waals surface area contributed by atoms with Crippen LogP contribution in [0, 0.1) is 6.92 Å². The molecule has 0 saturated carbocycles. The van der Waals surface area contributed by atoms with Crippen molar-refractivity contribution in [1.29, 1.82) is 0 Å². The van der Waals surface area contributed by atoms with Gasteiger partial charge < -0.3 is 9.47 Å². The molecule has 2 aliphatic rings. The van der Waals surface area contributed by atoms with E-state index >= 15 is 0 Å². The standard InChI is InChI=1S/C21H20O3/c1-14-8-10-17(11-9-14)18-13-21(19(23-18)12-20(22)24-21)15(2)16-6-4-3-5-7-16/h3-11,18-19H,2,12-13H2,1H3. The van der Waals surface area contributed by atoms with Crippen molar-refractivity contribution in [1.82, 2.24) is 0 Å². The first-order valence-electron chi connectivity index (χ1n) is 8.27. The maximum absolute atomic E-state index is 11.9. The fraction of sp³-hybridized carbons (Fsp3) is 0.286. The van der Waals surface area contributed by atoms with Crippen LogP contribution in [0.1, 0.15) is 35.6 Å². The van der Waals surface area contributed by atoms with Crippen molar-refractivity contribution in [3.63, 3.8) is 0 Å². The van der Waals surface area contributed by atoms with Gasteiger partial charge in [0.15, 0.2) is 5.60 Å². The van der Waals surface area contributed by atoms with Crippen LogP contribution in [-0.2, 0) is 14.3 Å². The Bertz CT molecular complexity index is 778. The average molecular weight is 320 g/mol. The summed E-state index contributed by atoms with van der Waals surface area (Å²) in [5, 5.41) is 0. The molecule has 2 heterocycles. The molecule has 2 aromatic rings. The van der Waals surface area contributed by atoms with E-state index in [1.807, 2.05) is 30.3 Å². The second-order valence-corrected chi connectivity index (χ2v) is 6.64. The zero-order valence-corrected chi connectivity index (χ0v) is 13.7. The quantitative estimate of drug-likeness (QED) is 0.794. The number of fused-ring (bicyclic) bond motifs is 1. The minimum Gasteiger partial charge on any atom is -0.451 e. The van der Waals surface area contributed by atoms with Gasteiger partial charge in [0.2, 0.25) is 0 Å². The van der Waals surface area contributed by atoms with Crippen LogP contribution in [0.5, 0.6) is 0 Å². The van der Waals surface area contributed by atoms with Crippen molar-refractivity contribution in [3.8, 4) is 0 Å². The van der Waals surface area contributed by atoms with Gasteiger partial charge in [-0.2, -0.15) is 0 Å². The number of carbonyl (C=O) groups is 1. The van der Waals surface area contributed by atoms with Crippen LogP contribution in [0.3, 0.4) is 0 Å². The molecular formula is C21H20O3. The van der Waals surface area contributed by atoms with Crippen molar-refractivity contribution < 1.29 is 14.3 Å². The zero-order valence-electron chi connectivity index (χ0n) is 13.7. The van der Waals surface area contributed by atoms with Crippen LogP contribution in [0.2, 0.25) is 0 Å². The maximum Gasteiger partial charge on any atom is 0.309 e. The lowest BCUT2D eigenvalue weighted by molar-refractivity contribution is -0.144. The van der Waals surface area contributed by atoms with Gasteiger partial charge in [-0.05, 0) is 23.6 Å². The van der Waals surface area contributed by atoms with Gasteiger partial charge in [-0.15, -0.1) is 0 Å². The van der Waals surface area contributed by atoms with Gasteiger partial charge in [0.05, 0.1) is 12.5 Å². The number of hydrogen-bond donors (Lipinski definition) is 0. The Morgan fingerprint density at radius 3 is 2.54 bits per heavy atom. The molecule has 3 nitrogen and oxygen atoms in total. The van der Waals surface area contributed by atoms with Gasteiger partial charge in [-0.3, -0.25) is 4.79 Å². The van der Waals surface area contributed by atoms with E-state index in [0.29, 0.717) is 6.42 Å². The molecule has 2 aromatic carbocycles. The summed E-state index contributed by atoms with van der Waals surface area (Å²) < 4.78 is 12.0. The Balaban J connectivity index is 1.68. The van der Waals surface area contributed by atoms with Crippen molar-refractivity contribution in [2.24, 2.45) is 0 Å². The van der Waals surface area contributed by atoms with Crippen molar-refractivity contribution >= 4 is 11.5 Å². The van der Waals surface area contributed by atoms with Crippen molar-refractivity contribution in [2.45, 2.75) is 37.6 Å². The monoisotopic (exact) mass is 320 g/mol. The van der Waals surface area contributed by atoms with Crippen LogP contribution >= 0.6 is 0 Å². The molecule has 122 valence electrons. The molecule has 0 bridgehead atoms. The molecule has 3 heteroatoms. The number of aryl methyl sites for hydroxylation is 1. The van der Waals surface area contributed by atoms with E-state index in [4.69, 9.17) is 9.47 Å². The van der Waals surface area contributed by atoms with Crippen LogP contribution in [0.15, 0.2) is 61.2 Å². The Morgan fingerprint density at radius 2 is 1.83 bits per heavy atom. The third kappa shape index (κ3) is 2.36. The number of ether oxygens (including phenoxy) is 2. The van der Waals surface area contributed by atoms with E-state index in [9.17, 15) is 4.79 Å². The molecule has 0 spiro atoms. The average Bonchev–Trinajstić information content (AvgIpc) is 3.09.